The number of carbonyl (C=O) groups is 2. The zero-order valence-electron chi connectivity index (χ0n) is 17.2. The minimum absolute atomic E-state index is 0.0766. The molecule has 2 aromatic heterocycles. The lowest BCUT2D eigenvalue weighted by Crippen LogP contribution is -2.44. The largest absolute Gasteiger partial charge is 0.369 e. The van der Waals surface area contributed by atoms with Crippen molar-refractivity contribution in [3.8, 4) is 0 Å². The first-order valence-corrected chi connectivity index (χ1v) is 10.2. The zero-order chi connectivity index (χ0) is 21.4. The molecule has 0 atom stereocenters. The maximum Gasteiger partial charge on any atom is 0.254 e. The zero-order valence-corrected chi connectivity index (χ0v) is 17.2. The number of imide groups is 1. The highest BCUT2D eigenvalue weighted by Crippen LogP contribution is 2.24. The van der Waals surface area contributed by atoms with Crippen molar-refractivity contribution in [2.45, 2.75) is 6.42 Å². The molecule has 0 unspecified atom stereocenters. The third kappa shape index (κ3) is 3.99. The first-order chi connectivity index (χ1) is 15.0. The molecule has 0 spiro atoms. The molecule has 5 rings (SSSR count). The smallest absolute Gasteiger partial charge is 0.254 e. The van der Waals surface area contributed by atoms with Gasteiger partial charge in [0.2, 0.25) is 5.91 Å². The molecule has 4 heterocycles. The second kappa shape index (κ2) is 7.84. The Morgan fingerprint density at radius 3 is 2.74 bits per heavy atom. The molecule has 2 amide bonds. The van der Waals surface area contributed by atoms with Crippen LogP contribution in [0, 0.1) is 0 Å². The minimum atomic E-state index is -0.362. The van der Waals surface area contributed by atoms with Crippen LogP contribution in [0.5, 0.6) is 0 Å². The van der Waals surface area contributed by atoms with Crippen LogP contribution in [-0.2, 0) is 9.59 Å². The number of carbonyl (C=O) groups excluding carboxylic acids is 2. The predicted molar refractivity (Wildman–Crippen MR) is 118 cm³/mol. The summed E-state index contributed by atoms with van der Waals surface area (Å²) >= 11 is 0. The van der Waals surface area contributed by atoms with E-state index in [2.05, 4.69) is 49.7 Å². The van der Waals surface area contributed by atoms with Crippen LogP contribution in [0.4, 0.5) is 17.2 Å². The number of amides is 2. The molecule has 0 radical (unpaired) electrons. The quantitative estimate of drug-likeness (QED) is 0.492. The molecule has 158 valence electrons. The van der Waals surface area contributed by atoms with E-state index in [-0.39, 0.29) is 18.2 Å². The molecule has 2 aliphatic heterocycles. The number of aromatic nitrogens is 3. The van der Waals surface area contributed by atoms with Gasteiger partial charge in [-0.25, -0.2) is 9.50 Å². The van der Waals surface area contributed by atoms with E-state index in [1.165, 1.54) is 5.69 Å². The Balaban J connectivity index is 1.39. The summed E-state index contributed by atoms with van der Waals surface area (Å²) in [5.74, 6) is 0.0257. The van der Waals surface area contributed by atoms with Crippen LogP contribution in [0.15, 0.2) is 48.3 Å². The number of anilines is 3. The van der Waals surface area contributed by atoms with Crippen molar-refractivity contribution in [1.29, 1.82) is 0 Å². The van der Waals surface area contributed by atoms with Gasteiger partial charge >= 0.3 is 0 Å². The number of piperazine rings is 1. The third-order valence-corrected chi connectivity index (χ3v) is 5.61. The highest BCUT2D eigenvalue weighted by atomic mass is 16.2. The monoisotopic (exact) mass is 417 g/mol. The van der Waals surface area contributed by atoms with E-state index in [1.807, 2.05) is 24.4 Å². The van der Waals surface area contributed by atoms with E-state index in [0.29, 0.717) is 22.6 Å². The van der Waals surface area contributed by atoms with Gasteiger partial charge in [-0.2, -0.15) is 5.10 Å². The van der Waals surface area contributed by atoms with Crippen molar-refractivity contribution in [3.05, 3.63) is 53.9 Å². The Kier molecular flexibility index (Phi) is 4.87. The first kappa shape index (κ1) is 19.3. The third-order valence-electron chi connectivity index (χ3n) is 5.61. The fraction of sp³-hybridized carbons (Fsp3) is 0.273. The number of nitrogens with one attached hydrogen (secondary N) is 2. The standard InChI is InChI=1S/C22H23N7O2/c1-27-7-9-28(10-8-27)18-4-2-3-17(13-18)24-19-5-6-29-21(25-19)16(14-23-29)11-15-12-20(30)26-22(15)31/h2-6,11,13-14H,7-10,12H2,1H3,(H,24,25)(H,26,30,31)/b15-11+. The molecule has 0 saturated carbocycles. The average Bonchev–Trinajstić information content (AvgIpc) is 3.31. The van der Waals surface area contributed by atoms with Gasteiger partial charge < -0.3 is 15.1 Å². The summed E-state index contributed by atoms with van der Waals surface area (Å²) in [5.41, 5.74) is 3.86. The lowest BCUT2D eigenvalue weighted by molar-refractivity contribution is -0.124. The molecule has 9 nitrogen and oxygen atoms in total. The summed E-state index contributed by atoms with van der Waals surface area (Å²) in [4.78, 5) is 32.7. The van der Waals surface area contributed by atoms with Gasteiger partial charge in [0, 0.05) is 54.9 Å². The van der Waals surface area contributed by atoms with Gasteiger partial charge in [-0.15, -0.1) is 0 Å². The summed E-state index contributed by atoms with van der Waals surface area (Å²) < 4.78 is 1.65. The molecule has 2 N–H and O–H groups in total. The van der Waals surface area contributed by atoms with Gasteiger partial charge in [-0.3, -0.25) is 14.9 Å². The van der Waals surface area contributed by atoms with Gasteiger partial charge in [0.05, 0.1) is 12.6 Å². The SMILES string of the molecule is CN1CCN(c2cccc(Nc3ccn4ncc(/C=C5\CC(=O)NC5=O)c4n3)c2)CC1. The topological polar surface area (TPSA) is 94.9 Å². The van der Waals surface area contributed by atoms with Crippen LogP contribution in [0.1, 0.15) is 12.0 Å². The Morgan fingerprint density at radius 1 is 1.13 bits per heavy atom. The number of fused-ring (bicyclic) bond motifs is 1. The number of rotatable bonds is 4. The number of hydrogen-bond acceptors (Lipinski definition) is 7. The Hall–Kier alpha value is -3.72. The number of likely N-dealkylation sites (N-methyl/N-ethyl adjacent to an activating group) is 1. The lowest BCUT2D eigenvalue weighted by Gasteiger charge is -2.34. The minimum Gasteiger partial charge on any atom is -0.369 e. The van der Waals surface area contributed by atoms with E-state index in [0.717, 1.165) is 31.9 Å². The molecule has 1 aromatic carbocycles. The summed E-state index contributed by atoms with van der Waals surface area (Å²) in [6.07, 6.45) is 5.21. The van der Waals surface area contributed by atoms with Gasteiger partial charge in [0.25, 0.3) is 5.91 Å². The van der Waals surface area contributed by atoms with Crippen LogP contribution >= 0.6 is 0 Å². The first-order valence-electron chi connectivity index (χ1n) is 10.2. The molecule has 2 aliphatic rings. The Labute approximate surface area is 179 Å². The molecule has 0 bridgehead atoms. The molecule has 31 heavy (non-hydrogen) atoms. The van der Waals surface area contributed by atoms with Gasteiger partial charge in [0.15, 0.2) is 5.65 Å². The van der Waals surface area contributed by atoms with E-state index in [1.54, 1.807) is 16.8 Å². The molecule has 2 saturated heterocycles. The van der Waals surface area contributed by atoms with Crippen molar-refractivity contribution >= 4 is 40.7 Å². The van der Waals surface area contributed by atoms with E-state index < -0.39 is 0 Å². The number of benzene rings is 1. The van der Waals surface area contributed by atoms with Crippen molar-refractivity contribution < 1.29 is 9.59 Å². The van der Waals surface area contributed by atoms with Crippen LogP contribution in [0.2, 0.25) is 0 Å². The van der Waals surface area contributed by atoms with E-state index >= 15 is 0 Å². The van der Waals surface area contributed by atoms with E-state index in [4.69, 9.17) is 0 Å². The van der Waals surface area contributed by atoms with Gasteiger partial charge in [-0.1, -0.05) is 6.07 Å². The molecule has 0 aliphatic carbocycles. The van der Waals surface area contributed by atoms with Crippen molar-refractivity contribution in [2.75, 3.05) is 43.4 Å². The average molecular weight is 417 g/mol. The van der Waals surface area contributed by atoms with Crippen molar-refractivity contribution in [3.63, 3.8) is 0 Å². The second-order valence-electron chi connectivity index (χ2n) is 7.87. The molecular formula is C22H23N7O2. The summed E-state index contributed by atoms with van der Waals surface area (Å²) in [6, 6.07) is 10.2. The predicted octanol–water partition coefficient (Wildman–Crippen LogP) is 1.65. The summed E-state index contributed by atoms with van der Waals surface area (Å²) in [6.45, 7) is 4.13. The fourth-order valence-corrected chi connectivity index (χ4v) is 3.86. The van der Waals surface area contributed by atoms with Crippen LogP contribution in [0.25, 0.3) is 11.7 Å². The Bertz CT molecular complexity index is 1190. The normalized spacial score (nSPS) is 18.7. The van der Waals surface area contributed by atoms with Crippen molar-refractivity contribution in [2.24, 2.45) is 0 Å². The highest BCUT2D eigenvalue weighted by molar-refractivity contribution is 6.15. The van der Waals surface area contributed by atoms with E-state index in [9.17, 15) is 9.59 Å². The fourth-order valence-electron chi connectivity index (χ4n) is 3.86. The summed E-state index contributed by atoms with van der Waals surface area (Å²) in [7, 11) is 2.15. The van der Waals surface area contributed by atoms with Crippen molar-refractivity contribution in [1.82, 2.24) is 24.8 Å². The molecule has 3 aromatic rings. The van der Waals surface area contributed by atoms with Gasteiger partial charge in [0.1, 0.15) is 5.82 Å². The second-order valence-corrected chi connectivity index (χ2v) is 7.87. The maximum absolute atomic E-state index is 11.9. The van der Waals surface area contributed by atoms with Crippen LogP contribution in [-0.4, -0.2) is 64.5 Å². The van der Waals surface area contributed by atoms with Crippen LogP contribution < -0.4 is 15.5 Å². The number of hydrogen-bond donors (Lipinski definition) is 2. The van der Waals surface area contributed by atoms with Gasteiger partial charge in [-0.05, 0) is 37.4 Å². The molecule has 2 fully saturated rings. The molecule has 9 heteroatoms. The van der Waals surface area contributed by atoms with Crippen LogP contribution in [0.3, 0.4) is 0 Å². The molecular weight excluding hydrogens is 394 g/mol. The highest BCUT2D eigenvalue weighted by Gasteiger charge is 2.24. The number of nitrogens with zero attached hydrogens (tertiary/aromatic N) is 5. The summed E-state index contributed by atoms with van der Waals surface area (Å²) in [5, 5.41) is 9.95. The lowest BCUT2D eigenvalue weighted by atomic mass is 10.1. The maximum atomic E-state index is 11.9. The Morgan fingerprint density at radius 2 is 1.97 bits per heavy atom.